The zero-order chi connectivity index (χ0) is 21.8. The standard InChI is InChI=1S/C26H22N2O3/c1-17-9-3-6-12-22(17)28-26(30)20-15-18-10-4-5-11-19(18)21(25(20)29)16-27-23-13-7-8-14-24(23)31-2/h3-16,29H,1-2H3,(H,28,30). The van der Waals surface area contributed by atoms with Crippen molar-refractivity contribution in [2.24, 2.45) is 4.99 Å². The fourth-order valence-electron chi connectivity index (χ4n) is 3.44. The fourth-order valence-corrected chi connectivity index (χ4v) is 3.44. The second-order valence-electron chi connectivity index (χ2n) is 7.11. The van der Waals surface area contributed by atoms with Gasteiger partial charge in [-0.3, -0.25) is 9.79 Å². The number of phenolic OH excluding ortho intramolecular Hbond substituents is 1. The van der Waals surface area contributed by atoms with Crippen LogP contribution in [-0.2, 0) is 0 Å². The van der Waals surface area contributed by atoms with Crippen molar-refractivity contribution in [2.75, 3.05) is 12.4 Å². The van der Waals surface area contributed by atoms with E-state index in [1.807, 2.05) is 79.7 Å². The first-order valence-corrected chi connectivity index (χ1v) is 9.87. The number of hydrogen-bond donors (Lipinski definition) is 2. The molecule has 0 unspecified atom stereocenters. The van der Waals surface area contributed by atoms with Gasteiger partial charge in [-0.25, -0.2) is 0 Å². The van der Waals surface area contributed by atoms with Crippen LogP contribution in [0, 0.1) is 6.92 Å². The Morgan fingerprint density at radius 3 is 2.52 bits per heavy atom. The molecule has 0 aliphatic carbocycles. The highest BCUT2D eigenvalue weighted by Gasteiger charge is 2.18. The Kier molecular flexibility index (Phi) is 5.67. The van der Waals surface area contributed by atoms with Crippen LogP contribution >= 0.6 is 0 Å². The van der Waals surface area contributed by atoms with Crippen molar-refractivity contribution in [3.05, 3.63) is 95.6 Å². The maximum Gasteiger partial charge on any atom is 0.259 e. The highest BCUT2D eigenvalue weighted by molar-refractivity contribution is 6.13. The van der Waals surface area contributed by atoms with E-state index in [4.69, 9.17) is 4.74 Å². The molecule has 4 rings (SSSR count). The number of carbonyl (C=O) groups is 1. The lowest BCUT2D eigenvalue weighted by molar-refractivity contribution is 0.102. The zero-order valence-electron chi connectivity index (χ0n) is 17.3. The van der Waals surface area contributed by atoms with Crippen molar-refractivity contribution in [3.8, 4) is 11.5 Å². The predicted molar refractivity (Wildman–Crippen MR) is 125 cm³/mol. The van der Waals surface area contributed by atoms with E-state index in [-0.39, 0.29) is 17.2 Å². The number of anilines is 1. The van der Waals surface area contributed by atoms with E-state index in [1.54, 1.807) is 19.4 Å². The number of ether oxygens (including phenoxy) is 1. The molecule has 4 aromatic rings. The summed E-state index contributed by atoms with van der Waals surface area (Å²) in [7, 11) is 1.58. The average Bonchev–Trinajstić information content (AvgIpc) is 2.79. The number of amides is 1. The van der Waals surface area contributed by atoms with E-state index in [2.05, 4.69) is 10.3 Å². The number of fused-ring (bicyclic) bond motifs is 1. The molecule has 0 bridgehead atoms. The predicted octanol–water partition coefficient (Wildman–Crippen LogP) is 5.87. The van der Waals surface area contributed by atoms with Crippen LogP contribution in [-0.4, -0.2) is 24.3 Å². The molecule has 0 saturated heterocycles. The highest BCUT2D eigenvalue weighted by Crippen LogP contribution is 2.33. The molecule has 0 atom stereocenters. The number of nitrogens with zero attached hydrogens (tertiary/aromatic N) is 1. The van der Waals surface area contributed by atoms with Crippen molar-refractivity contribution in [1.82, 2.24) is 0 Å². The summed E-state index contributed by atoms with van der Waals surface area (Å²) in [6.45, 7) is 1.92. The summed E-state index contributed by atoms with van der Waals surface area (Å²) in [5, 5.41) is 15.5. The lowest BCUT2D eigenvalue weighted by atomic mass is 9.99. The van der Waals surface area contributed by atoms with Crippen LogP contribution in [0.25, 0.3) is 10.8 Å². The molecule has 5 heteroatoms. The van der Waals surface area contributed by atoms with Crippen LogP contribution in [0.4, 0.5) is 11.4 Å². The van der Waals surface area contributed by atoms with Crippen LogP contribution in [0.3, 0.4) is 0 Å². The van der Waals surface area contributed by atoms with E-state index < -0.39 is 0 Å². The second kappa shape index (κ2) is 8.71. The van der Waals surface area contributed by atoms with Crippen LogP contribution in [0.1, 0.15) is 21.5 Å². The summed E-state index contributed by atoms with van der Waals surface area (Å²) in [6, 6.07) is 24.1. The minimum absolute atomic E-state index is 0.122. The molecule has 0 spiro atoms. The van der Waals surface area contributed by atoms with Crippen LogP contribution < -0.4 is 10.1 Å². The molecule has 154 valence electrons. The molecule has 0 radical (unpaired) electrons. The summed E-state index contributed by atoms with van der Waals surface area (Å²) in [5.74, 6) is 0.115. The summed E-state index contributed by atoms with van der Waals surface area (Å²) in [5.41, 5.74) is 2.92. The summed E-state index contributed by atoms with van der Waals surface area (Å²) < 4.78 is 5.35. The molecule has 0 aromatic heterocycles. The first-order valence-electron chi connectivity index (χ1n) is 9.87. The molecule has 1 amide bonds. The monoisotopic (exact) mass is 410 g/mol. The van der Waals surface area contributed by atoms with E-state index >= 15 is 0 Å². The number of aliphatic imine (C=N–C) groups is 1. The van der Waals surface area contributed by atoms with Gasteiger partial charge in [0.25, 0.3) is 5.91 Å². The second-order valence-corrected chi connectivity index (χ2v) is 7.11. The van der Waals surface area contributed by atoms with Gasteiger partial charge in [0.05, 0.1) is 12.7 Å². The third-order valence-corrected chi connectivity index (χ3v) is 5.12. The molecule has 0 fully saturated rings. The highest BCUT2D eigenvalue weighted by atomic mass is 16.5. The van der Waals surface area contributed by atoms with Gasteiger partial charge in [-0.05, 0) is 47.5 Å². The van der Waals surface area contributed by atoms with Crippen LogP contribution in [0.5, 0.6) is 11.5 Å². The van der Waals surface area contributed by atoms with Gasteiger partial charge in [0.15, 0.2) is 0 Å². The number of para-hydroxylation sites is 3. The molecule has 0 saturated carbocycles. The van der Waals surface area contributed by atoms with Gasteiger partial charge in [0.1, 0.15) is 17.2 Å². The zero-order valence-corrected chi connectivity index (χ0v) is 17.3. The quantitative estimate of drug-likeness (QED) is 0.405. The summed E-state index contributed by atoms with van der Waals surface area (Å²) in [6.07, 6.45) is 1.57. The lowest BCUT2D eigenvalue weighted by Gasteiger charge is -2.13. The Labute approximate surface area is 180 Å². The number of carbonyl (C=O) groups excluding carboxylic acids is 1. The van der Waals surface area contributed by atoms with Crippen molar-refractivity contribution >= 4 is 34.3 Å². The number of hydrogen-bond acceptors (Lipinski definition) is 4. The molecule has 5 nitrogen and oxygen atoms in total. The first-order chi connectivity index (χ1) is 15.1. The third kappa shape index (κ3) is 4.12. The molecular formula is C26H22N2O3. The van der Waals surface area contributed by atoms with Crippen molar-refractivity contribution in [3.63, 3.8) is 0 Å². The average molecular weight is 410 g/mol. The van der Waals surface area contributed by atoms with Crippen LogP contribution in [0.15, 0.2) is 83.9 Å². The Morgan fingerprint density at radius 2 is 1.71 bits per heavy atom. The number of aryl methyl sites for hydroxylation is 1. The summed E-state index contributed by atoms with van der Waals surface area (Å²) in [4.78, 5) is 17.5. The van der Waals surface area contributed by atoms with E-state index in [1.165, 1.54) is 0 Å². The van der Waals surface area contributed by atoms with Crippen molar-refractivity contribution in [2.45, 2.75) is 6.92 Å². The number of benzene rings is 4. The number of methoxy groups -OCH3 is 1. The van der Waals surface area contributed by atoms with E-state index in [0.29, 0.717) is 22.7 Å². The fraction of sp³-hybridized carbons (Fsp3) is 0.0769. The third-order valence-electron chi connectivity index (χ3n) is 5.12. The van der Waals surface area contributed by atoms with Gasteiger partial charge in [0.2, 0.25) is 0 Å². The van der Waals surface area contributed by atoms with Crippen molar-refractivity contribution < 1.29 is 14.6 Å². The van der Waals surface area contributed by atoms with E-state index in [0.717, 1.165) is 16.3 Å². The van der Waals surface area contributed by atoms with Gasteiger partial charge in [-0.15, -0.1) is 0 Å². The van der Waals surface area contributed by atoms with Gasteiger partial charge < -0.3 is 15.2 Å². The SMILES string of the molecule is COc1ccccc1N=Cc1c(O)c(C(=O)Nc2ccccc2C)cc2ccccc12. The number of nitrogens with one attached hydrogen (secondary N) is 1. The normalized spacial score (nSPS) is 11.0. The van der Waals surface area contributed by atoms with Crippen LogP contribution in [0.2, 0.25) is 0 Å². The minimum atomic E-state index is -0.385. The van der Waals surface area contributed by atoms with Gasteiger partial charge in [-0.2, -0.15) is 0 Å². The Bertz CT molecular complexity index is 1300. The summed E-state index contributed by atoms with van der Waals surface area (Å²) >= 11 is 0. The lowest BCUT2D eigenvalue weighted by Crippen LogP contribution is -2.13. The largest absolute Gasteiger partial charge is 0.506 e. The molecule has 0 aliphatic heterocycles. The molecule has 0 aliphatic rings. The first kappa shape index (κ1) is 20.2. The maximum absolute atomic E-state index is 13.0. The number of phenols is 1. The van der Waals surface area contributed by atoms with Gasteiger partial charge in [-0.1, -0.05) is 54.6 Å². The molecule has 0 heterocycles. The van der Waals surface area contributed by atoms with Gasteiger partial charge in [0, 0.05) is 17.5 Å². The Morgan fingerprint density at radius 1 is 1.00 bits per heavy atom. The van der Waals surface area contributed by atoms with E-state index in [9.17, 15) is 9.90 Å². The Hall–Kier alpha value is -4.12. The van der Waals surface area contributed by atoms with Gasteiger partial charge >= 0.3 is 0 Å². The number of aromatic hydroxyl groups is 1. The topological polar surface area (TPSA) is 70.9 Å². The maximum atomic E-state index is 13.0. The molecule has 31 heavy (non-hydrogen) atoms. The molecular weight excluding hydrogens is 388 g/mol. The Balaban J connectivity index is 1.80. The number of rotatable bonds is 5. The molecule has 2 N–H and O–H groups in total. The molecule has 4 aromatic carbocycles. The minimum Gasteiger partial charge on any atom is -0.506 e. The van der Waals surface area contributed by atoms with Crippen molar-refractivity contribution in [1.29, 1.82) is 0 Å². The smallest absolute Gasteiger partial charge is 0.259 e.